The van der Waals surface area contributed by atoms with Gasteiger partial charge >= 0.3 is 0 Å². The lowest BCUT2D eigenvalue weighted by Gasteiger charge is -2.08. The predicted octanol–water partition coefficient (Wildman–Crippen LogP) is 0.480. The zero-order chi connectivity index (χ0) is 12.7. The van der Waals surface area contributed by atoms with E-state index in [1.807, 2.05) is 17.8 Å². The van der Waals surface area contributed by atoms with Crippen LogP contribution in [0.15, 0.2) is 18.3 Å². The monoisotopic (exact) mass is 254 g/mol. The van der Waals surface area contributed by atoms with Gasteiger partial charge in [-0.15, -0.1) is 0 Å². The molecule has 5 nitrogen and oxygen atoms in total. The van der Waals surface area contributed by atoms with Gasteiger partial charge in [0, 0.05) is 24.2 Å². The van der Waals surface area contributed by atoms with Gasteiger partial charge in [-0.05, 0) is 26.2 Å². The first-order valence-corrected chi connectivity index (χ1v) is 6.47. The summed E-state index contributed by atoms with van der Waals surface area (Å²) in [7, 11) is 4.11. The molecular weight excluding hydrogens is 236 g/mol. The topological polar surface area (TPSA) is 71.2 Å². The van der Waals surface area contributed by atoms with Crippen LogP contribution in [0.4, 0.5) is 0 Å². The van der Waals surface area contributed by atoms with Crippen LogP contribution in [0.5, 0.6) is 0 Å². The number of nitrogens with one attached hydrogen (secondary N) is 1. The van der Waals surface area contributed by atoms with Crippen LogP contribution in [-0.4, -0.2) is 42.2 Å². The zero-order valence-electron chi connectivity index (χ0n) is 10.1. The molecule has 0 bridgehead atoms. The molecule has 0 fully saturated rings. The molecule has 0 saturated carbocycles. The Bertz CT molecular complexity index is 353. The van der Waals surface area contributed by atoms with Crippen LogP contribution in [0, 0.1) is 0 Å². The fourth-order valence-corrected chi connectivity index (χ4v) is 2.17. The van der Waals surface area contributed by atoms with Crippen LogP contribution in [0.1, 0.15) is 16.1 Å². The number of nitrogen functional groups attached to an aromatic ring is 1. The molecule has 1 heterocycles. The lowest BCUT2D eigenvalue weighted by Crippen LogP contribution is -2.30. The van der Waals surface area contributed by atoms with Crippen molar-refractivity contribution < 1.29 is 4.79 Å². The normalized spacial score (nSPS) is 10.6. The Labute approximate surface area is 106 Å². The summed E-state index contributed by atoms with van der Waals surface area (Å²) < 4.78 is 0. The molecule has 1 rings (SSSR count). The smallest absolute Gasteiger partial charge is 0.266 e. The fourth-order valence-electron chi connectivity index (χ4n) is 1.15. The number of pyridine rings is 1. The number of hydrogen-bond donors (Lipinski definition) is 2. The van der Waals surface area contributed by atoms with Crippen LogP contribution in [-0.2, 0) is 5.75 Å². The Hall–Kier alpha value is -1.11. The Morgan fingerprint density at radius 2 is 2.29 bits per heavy atom. The van der Waals surface area contributed by atoms with Gasteiger partial charge in [-0.2, -0.15) is 11.8 Å². The number of carbonyl (C=O) groups is 1. The van der Waals surface area contributed by atoms with Crippen molar-refractivity contribution in [1.29, 1.82) is 0 Å². The number of rotatable bonds is 6. The highest BCUT2D eigenvalue weighted by Crippen LogP contribution is 2.10. The van der Waals surface area contributed by atoms with E-state index < -0.39 is 0 Å². The summed E-state index contributed by atoms with van der Waals surface area (Å²) in [5, 5.41) is 0. The largest absolute Gasteiger partial charge is 0.309 e. The Morgan fingerprint density at radius 1 is 1.53 bits per heavy atom. The standard InChI is InChI=1S/C11H18N4OS/c1-15(2)5-6-17-8-10-4-3-9(7-13-10)11(16)14-12/h3-4,7H,5-6,8,12H2,1-2H3,(H,14,16). The predicted molar refractivity (Wildman–Crippen MR) is 70.6 cm³/mol. The molecule has 6 heteroatoms. The molecule has 0 aliphatic heterocycles. The number of aromatic nitrogens is 1. The van der Waals surface area contributed by atoms with Crippen LogP contribution < -0.4 is 11.3 Å². The van der Waals surface area contributed by atoms with Crippen LogP contribution in [0.2, 0.25) is 0 Å². The number of nitrogens with two attached hydrogens (primary N) is 1. The highest BCUT2D eigenvalue weighted by atomic mass is 32.2. The van der Waals surface area contributed by atoms with Gasteiger partial charge in [0.25, 0.3) is 5.91 Å². The lowest BCUT2D eigenvalue weighted by molar-refractivity contribution is 0.0953. The van der Waals surface area contributed by atoms with Crippen molar-refractivity contribution in [1.82, 2.24) is 15.3 Å². The van der Waals surface area contributed by atoms with E-state index in [-0.39, 0.29) is 5.91 Å². The molecule has 0 aliphatic carbocycles. The average Bonchev–Trinajstić information content (AvgIpc) is 2.34. The summed E-state index contributed by atoms with van der Waals surface area (Å²) in [6.07, 6.45) is 1.55. The van der Waals surface area contributed by atoms with Gasteiger partial charge < -0.3 is 4.90 Å². The quantitative estimate of drug-likeness (QED) is 0.334. The van der Waals surface area contributed by atoms with Crippen molar-refractivity contribution in [2.24, 2.45) is 5.84 Å². The van der Waals surface area contributed by atoms with Crippen LogP contribution in [0.3, 0.4) is 0 Å². The van der Waals surface area contributed by atoms with E-state index in [2.05, 4.69) is 29.4 Å². The average molecular weight is 254 g/mol. The minimum absolute atomic E-state index is 0.315. The Kier molecular flexibility index (Phi) is 5.96. The van der Waals surface area contributed by atoms with Gasteiger partial charge in [0.05, 0.1) is 11.3 Å². The molecule has 0 spiro atoms. The first-order valence-electron chi connectivity index (χ1n) is 5.32. The molecule has 0 atom stereocenters. The molecule has 1 aromatic rings. The van der Waals surface area contributed by atoms with Crippen molar-refractivity contribution in [2.75, 3.05) is 26.4 Å². The number of carbonyl (C=O) groups excluding carboxylic acids is 1. The van der Waals surface area contributed by atoms with E-state index in [1.54, 1.807) is 12.3 Å². The third-order valence-corrected chi connectivity index (χ3v) is 3.12. The molecule has 17 heavy (non-hydrogen) atoms. The van der Waals surface area contributed by atoms with Crippen molar-refractivity contribution in [3.8, 4) is 0 Å². The zero-order valence-corrected chi connectivity index (χ0v) is 11.0. The highest BCUT2D eigenvalue weighted by Gasteiger charge is 2.03. The van der Waals surface area contributed by atoms with Crippen molar-refractivity contribution in [3.63, 3.8) is 0 Å². The summed E-state index contributed by atoms with van der Waals surface area (Å²) in [6, 6.07) is 3.59. The molecule has 3 N–H and O–H groups in total. The fraction of sp³-hybridized carbons (Fsp3) is 0.455. The highest BCUT2D eigenvalue weighted by molar-refractivity contribution is 7.98. The number of hydrogen-bond acceptors (Lipinski definition) is 5. The summed E-state index contributed by atoms with van der Waals surface area (Å²) in [6.45, 7) is 1.05. The Morgan fingerprint density at radius 3 is 2.82 bits per heavy atom. The number of nitrogens with zero attached hydrogens (tertiary/aromatic N) is 2. The van der Waals surface area contributed by atoms with Gasteiger partial charge in [0.15, 0.2) is 0 Å². The maximum atomic E-state index is 11.2. The van der Waals surface area contributed by atoms with Gasteiger partial charge in [0.1, 0.15) is 0 Å². The Balaban J connectivity index is 2.38. The minimum atomic E-state index is -0.315. The molecule has 1 amide bonds. The van der Waals surface area contributed by atoms with Gasteiger partial charge in [-0.3, -0.25) is 15.2 Å². The van der Waals surface area contributed by atoms with E-state index in [0.717, 1.165) is 23.7 Å². The van der Waals surface area contributed by atoms with Crippen LogP contribution in [0.25, 0.3) is 0 Å². The first kappa shape index (κ1) is 14.0. The third kappa shape index (κ3) is 5.16. The summed E-state index contributed by atoms with van der Waals surface area (Å²) >= 11 is 1.83. The molecule has 0 saturated heterocycles. The molecule has 0 aliphatic rings. The van der Waals surface area contributed by atoms with Crippen molar-refractivity contribution in [3.05, 3.63) is 29.6 Å². The minimum Gasteiger partial charge on any atom is -0.309 e. The second kappa shape index (κ2) is 7.26. The SMILES string of the molecule is CN(C)CCSCc1ccc(C(=O)NN)cn1. The van der Waals surface area contributed by atoms with Gasteiger partial charge in [-0.1, -0.05) is 0 Å². The maximum Gasteiger partial charge on any atom is 0.266 e. The van der Waals surface area contributed by atoms with E-state index in [0.29, 0.717) is 5.56 Å². The summed E-state index contributed by atoms with van der Waals surface area (Å²) in [5.74, 6) is 6.65. The number of thioether (sulfide) groups is 1. The molecule has 94 valence electrons. The second-order valence-corrected chi connectivity index (χ2v) is 4.97. The third-order valence-electron chi connectivity index (χ3n) is 2.15. The second-order valence-electron chi connectivity index (χ2n) is 3.87. The van der Waals surface area contributed by atoms with Crippen molar-refractivity contribution >= 4 is 17.7 Å². The van der Waals surface area contributed by atoms with E-state index >= 15 is 0 Å². The van der Waals surface area contributed by atoms with Gasteiger partial charge in [-0.25, -0.2) is 5.84 Å². The molecule has 1 aromatic heterocycles. The van der Waals surface area contributed by atoms with E-state index in [1.165, 1.54) is 0 Å². The summed E-state index contributed by atoms with van der Waals surface area (Å²) in [5.41, 5.74) is 3.53. The van der Waals surface area contributed by atoms with Crippen LogP contribution >= 0.6 is 11.8 Å². The number of amides is 1. The summed E-state index contributed by atoms with van der Waals surface area (Å²) in [4.78, 5) is 17.5. The van der Waals surface area contributed by atoms with Gasteiger partial charge in [0.2, 0.25) is 0 Å². The molecule has 0 radical (unpaired) electrons. The maximum absolute atomic E-state index is 11.2. The molecular formula is C11H18N4OS. The van der Waals surface area contributed by atoms with E-state index in [4.69, 9.17) is 5.84 Å². The van der Waals surface area contributed by atoms with Crippen molar-refractivity contribution in [2.45, 2.75) is 5.75 Å². The number of hydrazine groups is 1. The first-order chi connectivity index (χ1) is 8.13. The molecule has 0 aromatic carbocycles. The van der Waals surface area contributed by atoms with E-state index in [9.17, 15) is 4.79 Å². The molecule has 0 unspecified atom stereocenters. The lowest BCUT2D eigenvalue weighted by atomic mass is 10.2.